The van der Waals surface area contributed by atoms with E-state index in [1.165, 1.54) is 12.1 Å². The second kappa shape index (κ2) is 12.1. The van der Waals surface area contributed by atoms with Gasteiger partial charge >= 0.3 is 0 Å². The SMILES string of the molecule is Cc1ccc(S(=O)(=O)C2CC3C(=O)CC(c4ccccc4F)C(S(=O)(=O)c4ccc(C)cc4)C3CC2c2cccc(Cl)c2)cc1. The maximum Gasteiger partial charge on any atom is 0.182 e. The Kier molecular flexibility index (Phi) is 8.52. The predicted molar refractivity (Wildman–Crippen MR) is 173 cm³/mol. The number of Topliss-reactive ketones (excluding diaryl/α,β-unsaturated/α-hetero) is 1. The molecule has 0 heterocycles. The summed E-state index contributed by atoms with van der Waals surface area (Å²) in [5, 5.41) is -1.71. The molecule has 0 saturated heterocycles. The van der Waals surface area contributed by atoms with Crippen molar-refractivity contribution in [1.29, 1.82) is 0 Å². The Hall–Kier alpha value is -3.33. The number of sulfone groups is 2. The lowest BCUT2D eigenvalue weighted by Crippen LogP contribution is -2.53. The highest BCUT2D eigenvalue weighted by Crippen LogP contribution is 2.54. The Morgan fingerprint density at radius 2 is 1.29 bits per heavy atom. The van der Waals surface area contributed by atoms with Gasteiger partial charge in [-0.05, 0) is 86.2 Å². The van der Waals surface area contributed by atoms with Gasteiger partial charge in [0.2, 0.25) is 0 Å². The van der Waals surface area contributed by atoms with Crippen molar-refractivity contribution in [2.24, 2.45) is 11.8 Å². The van der Waals surface area contributed by atoms with E-state index in [0.29, 0.717) is 10.6 Å². The third kappa shape index (κ3) is 5.88. The molecule has 0 radical (unpaired) electrons. The normalized spacial score (nSPS) is 25.5. The number of hydrogen-bond acceptors (Lipinski definition) is 5. The molecule has 5 nitrogen and oxygen atoms in total. The van der Waals surface area contributed by atoms with Gasteiger partial charge in [0.15, 0.2) is 19.7 Å². The van der Waals surface area contributed by atoms with Crippen molar-refractivity contribution in [1.82, 2.24) is 0 Å². The van der Waals surface area contributed by atoms with Crippen LogP contribution in [-0.4, -0.2) is 33.1 Å². The molecular formula is C36H34ClFO5S2. The van der Waals surface area contributed by atoms with Gasteiger partial charge in [-0.3, -0.25) is 4.79 Å². The van der Waals surface area contributed by atoms with E-state index in [0.717, 1.165) is 11.1 Å². The number of aryl methyl sites for hydroxylation is 2. The van der Waals surface area contributed by atoms with Crippen LogP contribution in [0.2, 0.25) is 5.02 Å². The minimum atomic E-state index is -4.10. The highest BCUT2D eigenvalue weighted by atomic mass is 35.5. The van der Waals surface area contributed by atoms with E-state index < -0.39 is 59.7 Å². The molecule has 2 aliphatic rings. The molecule has 4 aromatic rings. The van der Waals surface area contributed by atoms with Gasteiger partial charge in [0.1, 0.15) is 11.6 Å². The Labute approximate surface area is 269 Å². The summed E-state index contributed by atoms with van der Waals surface area (Å²) in [6.45, 7) is 3.73. The number of carbonyl (C=O) groups excluding carboxylic acids is 1. The lowest BCUT2D eigenvalue weighted by Gasteiger charge is -2.48. The number of hydrogen-bond donors (Lipinski definition) is 0. The largest absolute Gasteiger partial charge is 0.299 e. The van der Waals surface area contributed by atoms with Gasteiger partial charge in [-0.2, -0.15) is 0 Å². The van der Waals surface area contributed by atoms with Crippen LogP contribution in [0.4, 0.5) is 4.39 Å². The minimum Gasteiger partial charge on any atom is -0.299 e. The molecular weight excluding hydrogens is 631 g/mol. The molecule has 234 valence electrons. The maximum absolute atomic E-state index is 15.4. The standard InChI is InChI=1S/C36H34ClFO5S2/c1-22-10-14-26(15-11-22)44(40,41)35-21-30-31(19-29(35)24-6-5-7-25(37)18-24)36(45(42,43)27-16-12-23(2)13-17-27)32(20-34(30)39)28-8-3-4-9-33(28)38/h3-18,29-32,35-36H,19-21H2,1-2H3. The number of fused-ring (bicyclic) bond motifs is 1. The van der Waals surface area contributed by atoms with Crippen LogP contribution >= 0.6 is 11.6 Å². The first kappa shape index (κ1) is 31.6. The molecule has 2 fully saturated rings. The lowest BCUT2D eigenvalue weighted by atomic mass is 9.61. The molecule has 0 spiro atoms. The first-order valence-electron chi connectivity index (χ1n) is 15.0. The zero-order valence-electron chi connectivity index (χ0n) is 24.9. The van der Waals surface area contributed by atoms with Crippen LogP contribution in [0.15, 0.2) is 107 Å². The molecule has 0 aliphatic heterocycles. The quantitative estimate of drug-likeness (QED) is 0.211. The minimum absolute atomic E-state index is 0.0409. The second-order valence-electron chi connectivity index (χ2n) is 12.4. The van der Waals surface area contributed by atoms with Crippen molar-refractivity contribution in [2.45, 2.75) is 65.2 Å². The molecule has 0 N–H and O–H groups in total. The molecule has 2 aliphatic carbocycles. The second-order valence-corrected chi connectivity index (χ2v) is 17.1. The summed E-state index contributed by atoms with van der Waals surface area (Å²) in [7, 11) is -8.05. The number of carbonyl (C=O) groups is 1. The van der Waals surface area contributed by atoms with E-state index in [9.17, 15) is 21.6 Å². The van der Waals surface area contributed by atoms with Crippen molar-refractivity contribution in [3.05, 3.63) is 130 Å². The number of halogens is 2. The van der Waals surface area contributed by atoms with Gasteiger partial charge in [-0.15, -0.1) is 0 Å². The van der Waals surface area contributed by atoms with Crippen LogP contribution in [-0.2, 0) is 24.5 Å². The van der Waals surface area contributed by atoms with E-state index in [2.05, 4.69) is 0 Å². The van der Waals surface area contributed by atoms with Crippen molar-refractivity contribution in [3.8, 4) is 0 Å². The highest BCUT2D eigenvalue weighted by molar-refractivity contribution is 7.92. The van der Waals surface area contributed by atoms with E-state index in [4.69, 9.17) is 11.6 Å². The Balaban J connectivity index is 1.52. The number of benzene rings is 4. The summed E-state index contributed by atoms with van der Waals surface area (Å²) < 4.78 is 73.2. The van der Waals surface area contributed by atoms with E-state index in [1.807, 2.05) is 13.8 Å². The van der Waals surface area contributed by atoms with Crippen LogP contribution in [0.5, 0.6) is 0 Å². The number of ketones is 1. The van der Waals surface area contributed by atoms with E-state index >= 15 is 4.39 Å². The van der Waals surface area contributed by atoms with Crippen molar-refractivity contribution >= 4 is 37.1 Å². The third-order valence-electron chi connectivity index (χ3n) is 9.67. The average Bonchev–Trinajstić information content (AvgIpc) is 3.01. The van der Waals surface area contributed by atoms with Crippen LogP contribution in [0.3, 0.4) is 0 Å². The van der Waals surface area contributed by atoms with Crippen LogP contribution in [0.1, 0.15) is 53.4 Å². The zero-order valence-corrected chi connectivity index (χ0v) is 27.3. The van der Waals surface area contributed by atoms with E-state index in [1.54, 1.807) is 84.9 Å². The fraction of sp³-hybridized carbons (Fsp3) is 0.306. The summed E-state index contributed by atoms with van der Waals surface area (Å²) in [5.74, 6) is -3.98. The topological polar surface area (TPSA) is 85.3 Å². The summed E-state index contributed by atoms with van der Waals surface area (Å²) in [6.07, 6.45) is -0.134. The summed E-state index contributed by atoms with van der Waals surface area (Å²) in [4.78, 5) is 14.2. The fourth-order valence-corrected chi connectivity index (χ4v) is 11.9. The molecule has 6 atom stereocenters. The zero-order chi connectivity index (χ0) is 32.1. The van der Waals surface area contributed by atoms with Gasteiger partial charge in [0.05, 0.1) is 20.3 Å². The van der Waals surface area contributed by atoms with Crippen LogP contribution in [0, 0.1) is 31.5 Å². The molecule has 6 unspecified atom stereocenters. The molecule has 2 saturated carbocycles. The van der Waals surface area contributed by atoms with Gasteiger partial charge in [0, 0.05) is 29.2 Å². The third-order valence-corrected chi connectivity index (χ3v) is 14.5. The summed E-state index contributed by atoms with van der Waals surface area (Å²) in [5.41, 5.74) is 2.64. The maximum atomic E-state index is 15.4. The van der Waals surface area contributed by atoms with Crippen molar-refractivity contribution in [2.75, 3.05) is 0 Å². The summed E-state index contributed by atoms with van der Waals surface area (Å²) >= 11 is 6.39. The summed E-state index contributed by atoms with van der Waals surface area (Å²) in [6, 6.07) is 26.1. The van der Waals surface area contributed by atoms with Gasteiger partial charge in [-0.25, -0.2) is 21.2 Å². The predicted octanol–water partition coefficient (Wildman–Crippen LogP) is 7.65. The molecule has 9 heteroatoms. The Morgan fingerprint density at radius 3 is 1.89 bits per heavy atom. The monoisotopic (exact) mass is 664 g/mol. The van der Waals surface area contributed by atoms with Gasteiger partial charge in [0.25, 0.3) is 0 Å². The smallest absolute Gasteiger partial charge is 0.182 e. The first-order chi connectivity index (χ1) is 21.4. The van der Waals surface area contributed by atoms with Crippen molar-refractivity contribution in [3.63, 3.8) is 0 Å². The molecule has 4 aromatic carbocycles. The lowest BCUT2D eigenvalue weighted by molar-refractivity contribution is -0.128. The fourth-order valence-electron chi connectivity index (χ4n) is 7.44. The Morgan fingerprint density at radius 1 is 0.689 bits per heavy atom. The van der Waals surface area contributed by atoms with E-state index in [-0.39, 0.29) is 40.4 Å². The van der Waals surface area contributed by atoms with Gasteiger partial charge < -0.3 is 0 Å². The Bertz CT molecular complexity index is 1960. The molecule has 6 rings (SSSR count). The van der Waals surface area contributed by atoms with Crippen molar-refractivity contribution < 1.29 is 26.0 Å². The average molecular weight is 665 g/mol. The van der Waals surface area contributed by atoms with Crippen LogP contribution in [0.25, 0.3) is 0 Å². The molecule has 0 amide bonds. The van der Waals surface area contributed by atoms with Gasteiger partial charge in [-0.1, -0.05) is 77.3 Å². The van der Waals surface area contributed by atoms with Crippen LogP contribution < -0.4 is 0 Å². The number of rotatable bonds is 6. The highest BCUT2D eigenvalue weighted by Gasteiger charge is 2.56. The first-order valence-corrected chi connectivity index (χ1v) is 18.5. The molecule has 0 aromatic heterocycles. The molecule has 0 bridgehead atoms. The molecule has 45 heavy (non-hydrogen) atoms.